The van der Waals surface area contributed by atoms with Gasteiger partial charge < -0.3 is 14.4 Å². The Hall–Kier alpha value is -0.870. The molecule has 1 fully saturated rings. The van der Waals surface area contributed by atoms with E-state index in [2.05, 4.69) is 16.5 Å². The van der Waals surface area contributed by atoms with E-state index < -0.39 is 6.10 Å². The Labute approximate surface area is 115 Å². The summed E-state index contributed by atoms with van der Waals surface area (Å²) >= 11 is 0. The Morgan fingerprint density at radius 1 is 1.42 bits per heavy atom. The van der Waals surface area contributed by atoms with Crippen LogP contribution in [0.25, 0.3) is 0 Å². The van der Waals surface area contributed by atoms with Gasteiger partial charge in [-0.2, -0.15) is 0 Å². The quantitative estimate of drug-likeness (QED) is 0.860. The Bertz CT molecular complexity index is 372. The number of aryl methyl sites for hydroxylation is 1. The average Bonchev–Trinajstić information content (AvgIpc) is 2.88. The lowest BCUT2D eigenvalue weighted by Crippen LogP contribution is -2.38. The lowest BCUT2D eigenvalue weighted by Gasteiger charge is -2.32. The summed E-state index contributed by atoms with van der Waals surface area (Å²) in [4.78, 5) is 4.34. The van der Waals surface area contributed by atoms with Crippen LogP contribution < -0.4 is 0 Å². The molecule has 19 heavy (non-hydrogen) atoms. The van der Waals surface area contributed by atoms with E-state index in [0.717, 1.165) is 12.4 Å². The van der Waals surface area contributed by atoms with Gasteiger partial charge in [0.15, 0.2) is 0 Å². The molecular formula is C15H26N2O2. The molecule has 108 valence electrons. The Morgan fingerprint density at radius 2 is 2.16 bits per heavy atom. The van der Waals surface area contributed by atoms with Gasteiger partial charge in [-0.25, -0.2) is 4.98 Å². The summed E-state index contributed by atoms with van der Waals surface area (Å²) in [6, 6.07) is 0. The van der Waals surface area contributed by atoms with Crippen molar-refractivity contribution in [2.75, 3.05) is 7.11 Å². The van der Waals surface area contributed by atoms with Gasteiger partial charge in [0.05, 0.1) is 12.2 Å². The highest BCUT2D eigenvalue weighted by atomic mass is 16.5. The Kier molecular flexibility index (Phi) is 5.40. The van der Waals surface area contributed by atoms with Crippen LogP contribution in [0, 0.1) is 5.92 Å². The van der Waals surface area contributed by atoms with E-state index in [1.165, 1.54) is 32.1 Å². The number of hydrogen-bond acceptors (Lipinski definition) is 3. The minimum absolute atomic E-state index is 0.0534. The molecule has 1 saturated carbocycles. The van der Waals surface area contributed by atoms with Crippen molar-refractivity contribution in [1.29, 1.82) is 0 Å². The van der Waals surface area contributed by atoms with E-state index in [-0.39, 0.29) is 6.10 Å². The second-order valence-corrected chi connectivity index (χ2v) is 5.50. The summed E-state index contributed by atoms with van der Waals surface area (Å²) in [5, 5.41) is 10.5. The largest absolute Gasteiger partial charge is 0.390 e. The van der Waals surface area contributed by atoms with Crippen LogP contribution in [0.2, 0.25) is 0 Å². The predicted octanol–water partition coefficient (Wildman–Crippen LogP) is 2.40. The number of imidazole rings is 1. The van der Waals surface area contributed by atoms with Gasteiger partial charge in [-0.15, -0.1) is 0 Å². The molecule has 0 aliphatic heterocycles. The van der Waals surface area contributed by atoms with Gasteiger partial charge in [0, 0.05) is 32.5 Å². The molecule has 2 unspecified atom stereocenters. The molecule has 0 spiro atoms. The lowest BCUT2D eigenvalue weighted by molar-refractivity contribution is -0.0544. The highest BCUT2D eigenvalue weighted by molar-refractivity contribution is 4.96. The second kappa shape index (κ2) is 7.06. The molecule has 0 bridgehead atoms. The molecule has 2 rings (SSSR count). The SMILES string of the molecule is CCn1ccnc1CC(O)C(OC)C1CCCCC1. The van der Waals surface area contributed by atoms with Gasteiger partial charge in [0.25, 0.3) is 0 Å². The van der Waals surface area contributed by atoms with Crippen molar-refractivity contribution in [3.63, 3.8) is 0 Å². The third kappa shape index (κ3) is 3.57. The first-order valence-electron chi connectivity index (χ1n) is 7.47. The maximum atomic E-state index is 10.5. The first-order valence-corrected chi connectivity index (χ1v) is 7.47. The molecule has 1 aliphatic rings. The fourth-order valence-corrected chi connectivity index (χ4v) is 3.25. The molecule has 4 nitrogen and oxygen atoms in total. The minimum atomic E-state index is -0.458. The van der Waals surface area contributed by atoms with Crippen molar-refractivity contribution in [3.05, 3.63) is 18.2 Å². The van der Waals surface area contributed by atoms with Crippen LogP contribution in [0.15, 0.2) is 12.4 Å². The van der Waals surface area contributed by atoms with E-state index in [4.69, 9.17) is 4.74 Å². The zero-order valence-corrected chi connectivity index (χ0v) is 12.1. The highest BCUT2D eigenvalue weighted by Crippen LogP contribution is 2.30. The van der Waals surface area contributed by atoms with Crippen molar-refractivity contribution >= 4 is 0 Å². The molecule has 0 radical (unpaired) electrons. The van der Waals surface area contributed by atoms with Crippen molar-refractivity contribution in [2.24, 2.45) is 5.92 Å². The molecular weight excluding hydrogens is 240 g/mol. The number of rotatable bonds is 6. The molecule has 1 aliphatic carbocycles. The molecule has 0 amide bonds. The standard InChI is InChI=1S/C15H26N2O2/c1-3-17-10-9-16-14(17)11-13(18)15(19-2)12-7-5-4-6-8-12/h9-10,12-13,15,18H,3-8,11H2,1-2H3. The van der Waals surface area contributed by atoms with Crippen LogP contribution >= 0.6 is 0 Å². The molecule has 2 atom stereocenters. The van der Waals surface area contributed by atoms with Crippen LogP contribution in [0.4, 0.5) is 0 Å². The van der Waals surface area contributed by atoms with Gasteiger partial charge in [0.1, 0.15) is 5.82 Å². The number of methoxy groups -OCH3 is 1. The summed E-state index contributed by atoms with van der Waals surface area (Å²) in [7, 11) is 1.72. The van der Waals surface area contributed by atoms with Gasteiger partial charge in [0.2, 0.25) is 0 Å². The van der Waals surface area contributed by atoms with Gasteiger partial charge in [-0.1, -0.05) is 19.3 Å². The van der Waals surface area contributed by atoms with Crippen LogP contribution in [-0.4, -0.2) is 34.0 Å². The lowest BCUT2D eigenvalue weighted by atomic mass is 9.82. The summed E-state index contributed by atoms with van der Waals surface area (Å²) in [5.74, 6) is 1.45. The number of aliphatic hydroxyl groups excluding tert-OH is 1. The molecule has 1 heterocycles. The first-order chi connectivity index (χ1) is 9.26. The average molecular weight is 266 g/mol. The number of hydrogen-bond donors (Lipinski definition) is 1. The van der Waals surface area contributed by atoms with E-state index in [1.54, 1.807) is 13.3 Å². The van der Waals surface area contributed by atoms with Gasteiger partial charge in [-0.05, 0) is 25.7 Å². The van der Waals surface area contributed by atoms with Crippen molar-refractivity contribution in [3.8, 4) is 0 Å². The zero-order chi connectivity index (χ0) is 13.7. The first kappa shape index (κ1) is 14.5. The number of ether oxygens (including phenoxy) is 1. The molecule has 0 aromatic carbocycles. The predicted molar refractivity (Wildman–Crippen MR) is 75.0 cm³/mol. The Balaban J connectivity index is 1.98. The summed E-state index contributed by atoms with van der Waals surface area (Å²) < 4.78 is 7.67. The third-order valence-corrected chi connectivity index (χ3v) is 4.30. The third-order valence-electron chi connectivity index (χ3n) is 4.30. The number of aromatic nitrogens is 2. The second-order valence-electron chi connectivity index (χ2n) is 5.50. The van der Waals surface area contributed by atoms with E-state index in [9.17, 15) is 5.11 Å². The van der Waals surface area contributed by atoms with Gasteiger partial charge >= 0.3 is 0 Å². The maximum Gasteiger partial charge on any atom is 0.111 e. The zero-order valence-electron chi connectivity index (χ0n) is 12.1. The molecule has 0 saturated heterocycles. The molecule has 1 N–H and O–H groups in total. The molecule has 1 aromatic rings. The monoisotopic (exact) mass is 266 g/mol. The van der Waals surface area contributed by atoms with Crippen molar-refractivity contribution < 1.29 is 9.84 Å². The van der Waals surface area contributed by atoms with Crippen LogP contribution in [0.1, 0.15) is 44.9 Å². The fraction of sp³-hybridized carbons (Fsp3) is 0.800. The smallest absolute Gasteiger partial charge is 0.111 e. The van der Waals surface area contributed by atoms with E-state index in [0.29, 0.717) is 12.3 Å². The topological polar surface area (TPSA) is 47.3 Å². The highest BCUT2D eigenvalue weighted by Gasteiger charge is 2.30. The maximum absolute atomic E-state index is 10.5. The molecule has 1 aromatic heterocycles. The number of aliphatic hydroxyl groups is 1. The fourth-order valence-electron chi connectivity index (χ4n) is 3.25. The van der Waals surface area contributed by atoms with E-state index in [1.807, 2.05) is 6.20 Å². The molecule has 4 heteroatoms. The summed E-state index contributed by atoms with van der Waals surface area (Å²) in [6.45, 7) is 2.98. The van der Waals surface area contributed by atoms with Crippen LogP contribution in [-0.2, 0) is 17.7 Å². The van der Waals surface area contributed by atoms with Crippen LogP contribution in [0.5, 0.6) is 0 Å². The van der Waals surface area contributed by atoms with Gasteiger partial charge in [-0.3, -0.25) is 0 Å². The summed E-state index contributed by atoms with van der Waals surface area (Å²) in [6.07, 6.45) is 10.0. The van der Waals surface area contributed by atoms with Crippen molar-refractivity contribution in [2.45, 2.75) is 64.2 Å². The minimum Gasteiger partial charge on any atom is -0.390 e. The van der Waals surface area contributed by atoms with Crippen molar-refractivity contribution in [1.82, 2.24) is 9.55 Å². The summed E-state index contributed by atoms with van der Waals surface area (Å²) in [5.41, 5.74) is 0. The number of nitrogens with zero attached hydrogens (tertiary/aromatic N) is 2. The normalized spacial score (nSPS) is 20.4. The van der Waals surface area contributed by atoms with Crippen LogP contribution in [0.3, 0.4) is 0 Å². The van der Waals surface area contributed by atoms with E-state index >= 15 is 0 Å². The Morgan fingerprint density at radius 3 is 2.79 bits per heavy atom.